The molecule has 6 heteroatoms. The Morgan fingerprint density at radius 1 is 1.18 bits per heavy atom. The van der Waals surface area contributed by atoms with Gasteiger partial charge in [-0.15, -0.1) is 0 Å². The lowest BCUT2D eigenvalue weighted by Crippen LogP contribution is -2.34. The maximum atomic E-state index is 12.6. The average molecular weight is 382 g/mol. The van der Waals surface area contributed by atoms with Gasteiger partial charge in [0.25, 0.3) is 11.8 Å². The number of carbonyl (C=O) groups is 2. The van der Waals surface area contributed by atoms with Gasteiger partial charge < -0.3 is 20.1 Å². The number of rotatable bonds is 7. The molecule has 2 amide bonds. The summed E-state index contributed by atoms with van der Waals surface area (Å²) in [4.78, 5) is 25.1. The highest BCUT2D eigenvalue weighted by Crippen LogP contribution is 2.20. The van der Waals surface area contributed by atoms with E-state index in [1.807, 2.05) is 31.2 Å². The first-order valence-corrected chi connectivity index (χ1v) is 9.56. The molecule has 148 valence electrons. The van der Waals surface area contributed by atoms with Gasteiger partial charge in [-0.1, -0.05) is 30.3 Å². The van der Waals surface area contributed by atoms with Crippen molar-refractivity contribution in [1.29, 1.82) is 0 Å². The van der Waals surface area contributed by atoms with Crippen LogP contribution in [0.3, 0.4) is 0 Å². The maximum absolute atomic E-state index is 12.6. The van der Waals surface area contributed by atoms with Crippen molar-refractivity contribution in [2.45, 2.75) is 38.9 Å². The molecule has 0 bridgehead atoms. The molecule has 0 aliphatic carbocycles. The number of amides is 2. The van der Waals surface area contributed by atoms with Crippen molar-refractivity contribution in [2.75, 3.05) is 18.5 Å². The fourth-order valence-electron chi connectivity index (χ4n) is 3.06. The molecule has 1 saturated heterocycles. The van der Waals surface area contributed by atoms with Crippen LogP contribution in [0, 0.1) is 6.92 Å². The largest absolute Gasteiger partial charge is 0.481 e. The van der Waals surface area contributed by atoms with Crippen molar-refractivity contribution in [2.24, 2.45) is 0 Å². The van der Waals surface area contributed by atoms with Crippen molar-refractivity contribution < 1.29 is 19.1 Å². The molecular weight excluding hydrogens is 356 g/mol. The SMILES string of the molecule is Cc1ccccc1OC(C)C(=O)Nc1ccccc1C(=O)NCC1CCCO1. The molecule has 1 heterocycles. The van der Waals surface area contributed by atoms with E-state index in [0.29, 0.717) is 23.5 Å². The predicted octanol–water partition coefficient (Wildman–Crippen LogP) is 3.31. The highest BCUT2D eigenvalue weighted by molar-refractivity contribution is 6.04. The fourth-order valence-corrected chi connectivity index (χ4v) is 3.06. The smallest absolute Gasteiger partial charge is 0.265 e. The first kappa shape index (κ1) is 19.9. The van der Waals surface area contributed by atoms with Gasteiger partial charge in [0.2, 0.25) is 0 Å². The molecule has 2 atom stereocenters. The van der Waals surface area contributed by atoms with E-state index in [0.717, 1.165) is 25.0 Å². The summed E-state index contributed by atoms with van der Waals surface area (Å²) in [5, 5.41) is 5.69. The third-order valence-electron chi connectivity index (χ3n) is 4.71. The van der Waals surface area contributed by atoms with Crippen LogP contribution in [-0.4, -0.2) is 37.2 Å². The standard InChI is InChI=1S/C22H26N2O4/c1-15-8-3-6-12-20(15)28-16(2)21(25)24-19-11-5-4-10-18(19)22(26)23-14-17-9-7-13-27-17/h3-6,8,10-12,16-17H,7,9,13-14H2,1-2H3,(H,23,26)(H,24,25). The van der Waals surface area contributed by atoms with Crippen LogP contribution in [0.2, 0.25) is 0 Å². The molecule has 2 N–H and O–H groups in total. The van der Waals surface area contributed by atoms with Gasteiger partial charge in [0.05, 0.1) is 17.4 Å². The minimum atomic E-state index is -0.705. The first-order valence-electron chi connectivity index (χ1n) is 9.56. The van der Waals surface area contributed by atoms with Crippen molar-refractivity contribution in [3.8, 4) is 5.75 Å². The molecule has 1 aliphatic rings. The summed E-state index contributed by atoms with van der Waals surface area (Å²) in [5.74, 6) is 0.106. The van der Waals surface area contributed by atoms with Gasteiger partial charge in [0.1, 0.15) is 5.75 Å². The predicted molar refractivity (Wildman–Crippen MR) is 108 cm³/mol. The lowest BCUT2D eigenvalue weighted by atomic mass is 10.1. The topological polar surface area (TPSA) is 76.7 Å². The highest BCUT2D eigenvalue weighted by atomic mass is 16.5. The Bertz CT molecular complexity index is 831. The summed E-state index contributed by atoms with van der Waals surface area (Å²) in [6.45, 7) is 4.81. The van der Waals surface area contributed by atoms with Gasteiger partial charge in [-0.05, 0) is 50.5 Å². The van der Waals surface area contributed by atoms with Gasteiger partial charge in [0.15, 0.2) is 6.10 Å². The van der Waals surface area contributed by atoms with E-state index in [2.05, 4.69) is 10.6 Å². The summed E-state index contributed by atoms with van der Waals surface area (Å²) in [6.07, 6.45) is 1.33. The minimum absolute atomic E-state index is 0.0632. The number of aryl methyl sites for hydroxylation is 1. The van der Waals surface area contributed by atoms with Crippen molar-refractivity contribution in [1.82, 2.24) is 5.32 Å². The van der Waals surface area contributed by atoms with E-state index < -0.39 is 6.10 Å². The maximum Gasteiger partial charge on any atom is 0.265 e. The Labute approximate surface area is 165 Å². The number of benzene rings is 2. The normalized spacial score (nSPS) is 17.0. The van der Waals surface area contributed by atoms with Crippen molar-refractivity contribution in [3.05, 3.63) is 59.7 Å². The second-order valence-corrected chi connectivity index (χ2v) is 6.91. The second kappa shape index (κ2) is 9.37. The van der Waals surface area contributed by atoms with Crippen LogP contribution in [0.4, 0.5) is 5.69 Å². The minimum Gasteiger partial charge on any atom is -0.481 e. The number of anilines is 1. The molecule has 0 saturated carbocycles. The van der Waals surface area contributed by atoms with E-state index in [1.54, 1.807) is 31.2 Å². The molecule has 0 radical (unpaired) electrons. The summed E-state index contributed by atoms with van der Waals surface area (Å²) in [7, 11) is 0. The summed E-state index contributed by atoms with van der Waals surface area (Å²) in [5.41, 5.74) is 1.82. The Hall–Kier alpha value is -2.86. The zero-order valence-corrected chi connectivity index (χ0v) is 16.2. The zero-order chi connectivity index (χ0) is 19.9. The van der Waals surface area contributed by atoms with Gasteiger partial charge in [0, 0.05) is 13.2 Å². The van der Waals surface area contributed by atoms with Crippen LogP contribution in [0.25, 0.3) is 0 Å². The second-order valence-electron chi connectivity index (χ2n) is 6.91. The zero-order valence-electron chi connectivity index (χ0n) is 16.2. The molecular formula is C22H26N2O4. The molecule has 0 aromatic heterocycles. The number of hydrogen-bond acceptors (Lipinski definition) is 4. The quantitative estimate of drug-likeness (QED) is 0.770. The van der Waals surface area contributed by atoms with Crippen LogP contribution in [0.15, 0.2) is 48.5 Å². The molecule has 2 aromatic rings. The van der Waals surface area contributed by atoms with Crippen LogP contribution >= 0.6 is 0 Å². The molecule has 2 aromatic carbocycles. The molecule has 2 unspecified atom stereocenters. The van der Waals surface area contributed by atoms with Crippen molar-refractivity contribution >= 4 is 17.5 Å². The third kappa shape index (κ3) is 5.10. The fraction of sp³-hybridized carbons (Fsp3) is 0.364. The van der Waals surface area contributed by atoms with Gasteiger partial charge in [-0.2, -0.15) is 0 Å². The van der Waals surface area contributed by atoms with Gasteiger partial charge in [-0.3, -0.25) is 9.59 Å². The van der Waals surface area contributed by atoms with E-state index >= 15 is 0 Å². The number of nitrogens with one attached hydrogen (secondary N) is 2. The molecule has 1 aliphatic heterocycles. The van der Waals surface area contributed by atoms with E-state index in [9.17, 15) is 9.59 Å². The lowest BCUT2D eigenvalue weighted by molar-refractivity contribution is -0.122. The van der Waals surface area contributed by atoms with Crippen LogP contribution < -0.4 is 15.4 Å². The van der Waals surface area contributed by atoms with Crippen LogP contribution in [0.5, 0.6) is 5.75 Å². The Morgan fingerprint density at radius 2 is 1.93 bits per heavy atom. The highest BCUT2D eigenvalue weighted by Gasteiger charge is 2.20. The Morgan fingerprint density at radius 3 is 2.68 bits per heavy atom. The summed E-state index contributed by atoms with van der Waals surface area (Å²) >= 11 is 0. The van der Waals surface area contributed by atoms with Gasteiger partial charge >= 0.3 is 0 Å². The third-order valence-corrected chi connectivity index (χ3v) is 4.71. The van der Waals surface area contributed by atoms with E-state index in [-0.39, 0.29) is 17.9 Å². The molecule has 28 heavy (non-hydrogen) atoms. The Kier molecular flexibility index (Phi) is 6.66. The summed E-state index contributed by atoms with van der Waals surface area (Å²) in [6, 6.07) is 14.5. The monoisotopic (exact) mass is 382 g/mol. The molecule has 1 fully saturated rings. The number of ether oxygens (including phenoxy) is 2. The Balaban J connectivity index is 1.62. The summed E-state index contributed by atoms with van der Waals surface area (Å²) < 4.78 is 11.3. The lowest BCUT2D eigenvalue weighted by Gasteiger charge is -2.18. The van der Waals surface area contributed by atoms with Crippen LogP contribution in [0.1, 0.15) is 35.7 Å². The molecule has 3 rings (SSSR count). The molecule has 0 spiro atoms. The average Bonchev–Trinajstić information content (AvgIpc) is 3.22. The van der Waals surface area contributed by atoms with E-state index in [1.165, 1.54) is 0 Å². The van der Waals surface area contributed by atoms with Crippen LogP contribution in [-0.2, 0) is 9.53 Å². The first-order chi connectivity index (χ1) is 13.5. The number of para-hydroxylation sites is 2. The van der Waals surface area contributed by atoms with Crippen molar-refractivity contribution in [3.63, 3.8) is 0 Å². The van der Waals surface area contributed by atoms with Gasteiger partial charge in [-0.25, -0.2) is 0 Å². The number of carbonyl (C=O) groups excluding carboxylic acids is 2. The number of hydrogen-bond donors (Lipinski definition) is 2. The molecule has 6 nitrogen and oxygen atoms in total. The van der Waals surface area contributed by atoms with E-state index in [4.69, 9.17) is 9.47 Å².